The summed E-state index contributed by atoms with van der Waals surface area (Å²) in [7, 11) is 4.10. The molecule has 0 radical (unpaired) electrons. The maximum atomic E-state index is 4.96. The highest BCUT2D eigenvalue weighted by molar-refractivity contribution is 5.84. The van der Waals surface area contributed by atoms with Crippen LogP contribution in [0.2, 0.25) is 0 Å². The fourth-order valence-corrected chi connectivity index (χ4v) is 3.83. The van der Waals surface area contributed by atoms with Gasteiger partial charge in [-0.15, -0.1) is 0 Å². The zero-order valence-corrected chi connectivity index (χ0v) is 17.7. The molecule has 0 spiro atoms. The lowest BCUT2D eigenvalue weighted by molar-refractivity contribution is 1.13. The van der Waals surface area contributed by atoms with Crippen molar-refractivity contribution in [1.29, 1.82) is 0 Å². The fourth-order valence-electron chi connectivity index (χ4n) is 3.83. The van der Waals surface area contributed by atoms with E-state index in [9.17, 15) is 0 Å². The van der Waals surface area contributed by atoms with Crippen LogP contribution in [0.15, 0.2) is 101 Å². The average molecular weight is 402 g/mol. The van der Waals surface area contributed by atoms with Gasteiger partial charge in [-0.1, -0.05) is 60.7 Å². The molecule has 0 saturated heterocycles. The molecule has 5 rings (SSSR count). The Bertz CT molecular complexity index is 1380. The second kappa shape index (κ2) is 8.04. The summed E-state index contributed by atoms with van der Waals surface area (Å²) in [5.41, 5.74) is 7.63. The third kappa shape index (κ3) is 3.78. The van der Waals surface area contributed by atoms with Crippen molar-refractivity contribution in [2.75, 3.05) is 19.0 Å². The van der Waals surface area contributed by atoms with Crippen molar-refractivity contribution in [3.63, 3.8) is 0 Å². The smallest absolute Gasteiger partial charge is 0.0810 e. The van der Waals surface area contributed by atoms with E-state index in [2.05, 4.69) is 91.8 Å². The van der Waals surface area contributed by atoms with Crippen LogP contribution in [0.5, 0.6) is 0 Å². The molecular weight excluding hydrogens is 378 g/mol. The second-order valence-electron chi connectivity index (χ2n) is 7.82. The molecule has 0 aromatic heterocycles. The Morgan fingerprint density at radius 3 is 2.23 bits per heavy atom. The number of hydrogen-bond donors (Lipinski definition) is 0. The summed E-state index contributed by atoms with van der Waals surface area (Å²) < 4.78 is 0. The van der Waals surface area contributed by atoms with Crippen LogP contribution in [-0.4, -0.2) is 20.3 Å². The van der Waals surface area contributed by atoms with Gasteiger partial charge in [0, 0.05) is 42.3 Å². The molecule has 1 aliphatic heterocycles. The van der Waals surface area contributed by atoms with Gasteiger partial charge >= 0.3 is 0 Å². The van der Waals surface area contributed by atoms with E-state index in [4.69, 9.17) is 9.98 Å². The summed E-state index contributed by atoms with van der Waals surface area (Å²) in [6, 6.07) is 31.2. The van der Waals surface area contributed by atoms with Crippen molar-refractivity contribution in [3.8, 4) is 11.1 Å². The molecule has 3 nitrogen and oxygen atoms in total. The van der Waals surface area contributed by atoms with Crippen LogP contribution < -0.4 is 15.5 Å². The molecule has 4 aromatic rings. The van der Waals surface area contributed by atoms with Crippen molar-refractivity contribution in [2.24, 2.45) is 9.98 Å². The third-order valence-corrected chi connectivity index (χ3v) is 5.49. The molecule has 0 atom stereocenters. The molecule has 0 aliphatic carbocycles. The van der Waals surface area contributed by atoms with E-state index in [1.807, 2.05) is 30.5 Å². The van der Waals surface area contributed by atoms with Gasteiger partial charge in [-0.3, -0.25) is 4.99 Å². The van der Waals surface area contributed by atoms with Gasteiger partial charge in [0.05, 0.1) is 16.7 Å². The molecule has 31 heavy (non-hydrogen) atoms. The first-order valence-corrected chi connectivity index (χ1v) is 10.4. The van der Waals surface area contributed by atoms with E-state index in [0.29, 0.717) is 0 Å². The van der Waals surface area contributed by atoms with Gasteiger partial charge in [0.1, 0.15) is 0 Å². The molecular formula is C28H23N3. The number of benzene rings is 4. The van der Waals surface area contributed by atoms with Crippen molar-refractivity contribution in [1.82, 2.24) is 0 Å². The van der Waals surface area contributed by atoms with E-state index in [-0.39, 0.29) is 0 Å². The average Bonchev–Trinajstić information content (AvgIpc) is 3.19. The third-order valence-electron chi connectivity index (χ3n) is 5.49. The van der Waals surface area contributed by atoms with Crippen LogP contribution in [0.4, 0.5) is 17.1 Å². The maximum Gasteiger partial charge on any atom is 0.0810 e. The standard InChI is InChI=1S/C28H23N3/c1-31(2)22-14-12-20(13-15-22)18-25-26(29-19-21-8-4-3-5-9-21)17-16-24-23-10-6-7-11-27(23)30-28(24)25/h3-19H,1-2H3. The summed E-state index contributed by atoms with van der Waals surface area (Å²) in [6.45, 7) is 0. The van der Waals surface area contributed by atoms with Crippen LogP contribution >= 0.6 is 0 Å². The van der Waals surface area contributed by atoms with Crippen LogP contribution in [0.3, 0.4) is 0 Å². The van der Waals surface area contributed by atoms with Crippen molar-refractivity contribution >= 4 is 29.4 Å². The molecule has 1 aliphatic rings. The van der Waals surface area contributed by atoms with Crippen molar-refractivity contribution in [2.45, 2.75) is 0 Å². The zero-order chi connectivity index (χ0) is 21.2. The van der Waals surface area contributed by atoms with Gasteiger partial charge in [0.25, 0.3) is 0 Å². The second-order valence-corrected chi connectivity index (χ2v) is 7.82. The van der Waals surface area contributed by atoms with Crippen LogP contribution in [0.1, 0.15) is 11.1 Å². The Labute approximate surface area is 182 Å². The molecule has 0 bridgehead atoms. The summed E-state index contributed by atoms with van der Waals surface area (Å²) in [4.78, 5) is 11.9. The minimum atomic E-state index is 0.913. The normalized spacial score (nSPS) is 12.5. The van der Waals surface area contributed by atoms with E-state index < -0.39 is 0 Å². The summed E-state index contributed by atoms with van der Waals surface area (Å²) in [5.74, 6) is 0. The summed E-state index contributed by atoms with van der Waals surface area (Å²) in [6.07, 6.45) is 4.10. The van der Waals surface area contributed by atoms with Gasteiger partial charge in [0.2, 0.25) is 0 Å². The number of rotatable bonds is 4. The lowest BCUT2D eigenvalue weighted by atomic mass is 10.0. The highest BCUT2D eigenvalue weighted by Gasteiger charge is 2.15. The zero-order valence-electron chi connectivity index (χ0n) is 17.7. The Morgan fingerprint density at radius 2 is 1.45 bits per heavy atom. The first-order chi connectivity index (χ1) is 15.2. The Balaban J connectivity index is 1.69. The molecule has 0 N–H and O–H groups in total. The topological polar surface area (TPSA) is 28.0 Å². The molecule has 150 valence electrons. The molecule has 0 fully saturated rings. The SMILES string of the molecule is CN(C)c1ccc(C=c2c(N=Cc3ccccc3)ccc3c2=Nc2ccccc2-3)cc1. The predicted octanol–water partition coefficient (Wildman–Crippen LogP) is 5.26. The van der Waals surface area contributed by atoms with Crippen molar-refractivity contribution in [3.05, 3.63) is 113 Å². The van der Waals surface area contributed by atoms with Gasteiger partial charge < -0.3 is 4.90 Å². The van der Waals surface area contributed by atoms with Gasteiger partial charge in [0.15, 0.2) is 0 Å². The minimum absolute atomic E-state index is 0.913. The molecule has 0 unspecified atom stereocenters. The Hall–Kier alpha value is -3.98. The first kappa shape index (κ1) is 19.0. The largest absolute Gasteiger partial charge is 0.378 e. The number of nitrogens with zero attached hydrogens (tertiary/aromatic N) is 3. The molecule has 0 amide bonds. The van der Waals surface area contributed by atoms with Crippen LogP contribution in [0, 0.1) is 0 Å². The van der Waals surface area contributed by atoms with Crippen molar-refractivity contribution < 1.29 is 0 Å². The van der Waals surface area contributed by atoms with E-state index >= 15 is 0 Å². The number of fused-ring (bicyclic) bond motifs is 3. The first-order valence-electron chi connectivity index (χ1n) is 10.4. The minimum Gasteiger partial charge on any atom is -0.378 e. The summed E-state index contributed by atoms with van der Waals surface area (Å²) in [5, 5.41) is 2.03. The fraction of sp³-hybridized carbons (Fsp3) is 0.0714. The van der Waals surface area contributed by atoms with Gasteiger partial charge in [-0.25, -0.2) is 4.99 Å². The van der Waals surface area contributed by atoms with E-state index in [1.165, 1.54) is 11.3 Å². The lowest BCUT2D eigenvalue weighted by Gasteiger charge is -2.11. The Morgan fingerprint density at radius 1 is 0.710 bits per heavy atom. The lowest BCUT2D eigenvalue weighted by Crippen LogP contribution is -2.25. The highest BCUT2D eigenvalue weighted by atomic mass is 15.1. The number of aliphatic imine (C=N–C) groups is 1. The van der Waals surface area contributed by atoms with Gasteiger partial charge in [-0.05, 0) is 47.5 Å². The molecule has 1 heterocycles. The molecule has 4 aromatic carbocycles. The monoisotopic (exact) mass is 401 g/mol. The van der Waals surface area contributed by atoms with Crippen LogP contribution in [-0.2, 0) is 0 Å². The Kier molecular flexibility index (Phi) is 4.93. The highest BCUT2D eigenvalue weighted by Crippen LogP contribution is 2.31. The predicted molar refractivity (Wildman–Crippen MR) is 130 cm³/mol. The molecule has 0 saturated carbocycles. The van der Waals surface area contributed by atoms with Crippen LogP contribution in [0.25, 0.3) is 17.2 Å². The quantitative estimate of drug-likeness (QED) is 0.377. The maximum absolute atomic E-state index is 4.96. The van der Waals surface area contributed by atoms with Gasteiger partial charge in [-0.2, -0.15) is 0 Å². The summed E-state index contributed by atoms with van der Waals surface area (Å²) >= 11 is 0. The molecule has 3 heteroatoms. The number of anilines is 1. The number of hydrogen-bond acceptors (Lipinski definition) is 3. The van der Waals surface area contributed by atoms with E-state index in [0.717, 1.165) is 38.6 Å². The van der Waals surface area contributed by atoms with E-state index in [1.54, 1.807) is 0 Å². The number of para-hydroxylation sites is 1.